The van der Waals surface area contributed by atoms with Gasteiger partial charge in [-0.25, -0.2) is 4.79 Å². The van der Waals surface area contributed by atoms with Gasteiger partial charge in [-0.3, -0.25) is 4.79 Å². The van der Waals surface area contributed by atoms with Gasteiger partial charge in [0.15, 0.2) is 0 Å². The van der Waals surface area contributed by atoms with E-state index in [9.17, 15) is 19.8 Å². The largest absolute Gasteiger partial charge is 0.507 e. The number of hydrogen-bond acceptors (Lipinski definition) is 4. The number of aromatic amines is 1. The average Bonchev–Trinajstić information content (AvgIpc) is 3.29. The first-order valence-electron chi connectivity index (χ1n) is 9.93. The lowest BCUT2D eigenvalue weighted by Gasteiger charge is -2.29. The second-order valence-corrected chi connectivity index (χ2v) is 7.35. The van der Waals surface area contributed by atoms with E-state index >= 15 is 0 Å². The Morgan fingerprint density at radius 1 is 0.967 bits per heavy atom. The molecule has 4 N–H and O–H groups in total. The summed E-state index contributed by atoms with van der Waals surface area (Å²) in [6.45, 7) is 1.82. The van der Waals surface area contributed by atoms with Crippen LogP contribution in [0.3, 0.4) is 0 Å². The number of phenols is 1. The summed E-state index contributed by atoms with van der Waals surface area (Å²) in [6, 6.07) is 13.4. The molecule has 0 atom stereocenters. The Morgan fingerprint density at radius 3 is 2.47 bits per heavy atom. The van der Waals surface area contributed by atoms with Gasteiger partial charge in [0.05, 0.1) is 16.8 Å². The van der Waals surface area contributed by atoms with Crippen LogP contribution in [0.4, 0.5) is 11.4 Å². The third-order valence-corrected chi connectivity index (χ3v) is 5.35. The summed E-state index contributed by atoms with van der Waals surface area (Å²) in [6.07, 6.45) is 5.14. The van der Waals surface area contributed by atoms with Crippen LogP contribution in [0.5, 0.6) is 5.75 Å². The summed E-state index contributed by atoms with van der Waals surface area (Å²) in [5.41, 5.74) is 2.67. The fraction of sp³-hybridized carbons (Fsp3) is 0.217. The molecule has 2 heterocycles. The van der Waals surface area contributed by atoms with Crippen LogP contribution in [0.25, 0.3) is 11.3 Å². The topological polar surface area (TPSA) is 106 Å². The number of aromatic hydroxyl groups is 1. The van der Waals surface area contributed by atoms with Crippen molar-refractivity contribution in [3.8, 4) is 17.0 Å². The number of nitrogens with one attached hydrogen (secondary N) is 2. The number of piperidine rings is 1. The summed E-state index contributed by atoms with van der Waals surface area (Å²) in [5, 5.41) is 22.5. The SMILES string of the molecule is O=C(Nc1cc(-c2ccc[nH]2)ccc1C(=O)O)c1cc(N2CCCCC2)ccc1O. The smallest absolute Gasteiger partial charge is 0.337 e. The molecule has 1 saturated heterocycles. The monoisotopic (exact) mass is 405 g/mol. The maximum atomic E-state index is 13.0. The van der Waals surface area contributed by atoms with Crippen LogP contribution < -0.4 is 10.2 Å². The summed E-state index contributed by atoms with van der Waals surface area (Å²) >= 11 is 0. The molecule has 0 bridgehead atoms. The first-order valence-corrected chi connectivity index (χ1v) is 9.93. The summed E-state index contributed by atoms with van der Waals surface area (Å²) in [5.74, 6) is -1.85. The molecule has 7 heteroatoms. The highest BCUT2D eigenvalue weighted by molar-refractivity contribution is 6.10. The van der Waals surface area contributed by atoms with Gasteiger partial charge in [0.2, 0.25) is 0 Å². The minimum atomic E-state index is -1.14. The van der Waals surface area contributed by atoms with Crippen molar-refractivity contribution in [2.24, 2.45) is 0 Å². The third-order valence-electron chi connectivity index (χ3n) is 5.35. The predicted octanol–water partition coefficient (Wildman–Crippen LogP) is 4.33. The molecular formula is C23H23N3O4. The second kappa shape index (κ2) is 8.32. The van der Waals surface area contributed by atoms with Crippen molar-refractivity contribution in [2.45, 2.75) is 19.3 Å². The van der Waals surface area contributed by atoms with Gasteiger partial charge in [-0.1, -0.05) is 6.07 Å². The normalized spacial score (nSPS) is 13.8. The molecule has 154 valence electrons. The molecule has 1 aliphatic rings. The third kappa shape index (κ3) is 4.00. The van der Waals surface area contributed by atoms with E-state index < -0.39 is 11.9 Å². The number of phenolic OH excluding ortho intramolecular Hbond substituents is 1. The Bertz CT molecular complexity index is 1070. The Morgan fingerprint density at radius 2 is 1.77 bits per heavy atom. The van der Waals surface area contributed by atoms with Crippen molar-refractivity contribution >= 4 is 23.3 Å². The van der Waals surface area contributed by atoms with E-state index in [1.807, 2.05) is 12.1 Å². The minimum absolute atomic E-state index is 0.0228. The highest BCUT2D eigenvalue weighted by Gasteiger charge is 2.19. The van der Waals surface area contributed by atoms with Crippen molar-refractivity contribution < 1.29 is 19.8 Å². The lowest BCUT2D eigenvalue weighted by molar-refractivity contribution is 0.0698. The van der Waals surface area contributed by atoms with Crippen molar-refractivity contribution in [3.05, 3.63) is 65.9 Å². The number of carbonyl (C=O) groups is 2. The van der Waals surface area contributed by atoms with Crippen LogP contribution in [0, 0.1) is 0 Å². The standard InChI is InChI=1S/C23H23N3O4/c27-21-9-7-16(26-11-2-1-3-12-26)14-18(21)22(28)25-20-13-15(19-5-4-10-24-19)6-8-17(20)23(29)30/h4-10,13-14,24,27H,1-3,11-12H2,(H,25,28)(H,29,30). The first-order chi connectivity index (χ1) is 14.5. The zero-order chi connectivity index (χ0) is 21.1. The van der Waals surface area contributed by atoms with E-state index in [-0.39, 0.29) is 22.6 Å². The van der Waals surface area contributed by atoms with E-state index in [0.29, 0.717) is 0 Å². The molecule has 1 aliphatic heterocycles. The second-order valence-electron chi connectivity index (χ2n) is 7.35. The number of nitrogens with zero attached hydrogens (tertiary/aromatic N) is 1. The molecule has 0 aliphatic carbocycles. The Kier molecular flexibility index (Phi) is 5.43. The van der Waals surface area contributed by atoms with E-state index in [2.05, 4.69) is 15.2 Å². The van der Waals surface area contributed by atoms with Crippen LogP contribution in [0.15, 0.2) is 54.7 Å². The number of hydrogen-bond donors (Lipinski definition) is 4. The quantitative estimate of drug-likeness (QED) is 0.506. The van der Waals surface area contributed by atoms with Crippen LogP contribution >= 0.6 is 0 Å². The highest BCUT2D eigenvalue weighted by atomic mass is 16.4. The highest BCUT2D eigenvalue weighted by Crippen LogP contribution is 2.29. The summed E-state index contributed by atoms with van der Waals surface area (Å²) in [4.78, 5) is 29.9. The van der Waals surface area contributed by atoms with Gasteiger partial charge in [-0.05, 0) is 61.7 Å². The zero-order valence-corrected chi connectivity index (χ0v) is 16.4. The number of benzene rings is 2. The molecule has 0 radical (unpaired) electrons. The fourth-order valence-electron chi connectivity index (χ4n) is 3.76. The minimum Gasteiger partial charge on any atom is -0.507 e. The number of carbonyl (C=O) groups excluding carboxylic acids is 1. The Balaban J connectivity index is 1.65. The molecule has 0 spiro atoms. The zero-order valence-electron chi connectivity index (χ0n) is 16.4. The maximum Gasteiger partial charge on any atom is 0.337 e. The molecule has 1 aromatic heterocycles. The molecule has 0 unspecified atom stereocenters. The molecule has 1 amide bonds. The number of aromatic nitrogens is 1. The van der Waals surface area contributed by atoms with Crippen molar-refractivity contribution in [2.75, 3.05) is 23.3 Å². The lowest BCUT2D eigenvalue weighted by atomic mass is 10.1. The maximum absolute atomic E-state index is 13.0. The number of aromatic carboxylic acids is 1. The van der Waals surface area contributed by atoms with E-state index in [1.165, 1.54) is 18.6 Å². The van der Waals surface area contributed by atoms with Crippen LogP contribution in [-0.4, -0.2) is 40.2 Å². The first kappa shape index (κ1) is 19.6. The van der Waals surface area contributed by atoms with Gasteiger partial charge in [0.1, 0.15) is 5.75 Å². The molecule has 30 heavy (non-hydrogen) atoms. The summed E-state index contributed by atoms with van der Waals surface area (Å²) in [7, 11) is 0. The van der Waals surface area contributed by atoms with E-state index in [4.69, 9.17) is 0 Å². The van der Waals surface area contributed by atoms with Crippen molar-refractivity contribution in [1.29, 1.82) is 0 Å². The predicted molar refractivity (Wildman–Crippen MR) is 115 cm³/mol. The summed E-state index contributed by atoms with van der Waals surface area (Å²) < 4.78 is 0. The number of carboxylic acid groups (broad SMARTS) is 1. The van der Waals surface area contributed by atoms with E-state index in [1.54, 1.807) is 30.5 Å². The molecule has 1 fully saturated rings. The number of H-pyrrole nitrogens is 1. The Labute approximate surface area is 174 Å². The van der Waals surface area contributed by atoms with Gasteiger partial charge >= 0.3 is 5.97 Å². The number of amides is 1. The molecule has 7 nitrogen and oxygen atoms in total. The molecule has 2 aromatic carbocycles. The van der Waals surface area contributed by atoms with Crippen molar-refractivity contribution in [3.63, 3.8) is 0 Å². The van der Waals surface area contributed by atoms with Crippen LogP contribution in [0.1, 0.15) is 40.0 Å². The average molecular weight is 405 g/mol. The van der Waals surface area contributed by atoms with Gasteiger partial charge in [-0.2, -0.15) is 0 Å². The molecule has 4 rings (SSSR count). The van der Waals surface area contributed by atoms with E-state index in [0.717, 1.165) is 42.9 Å². The van der Waals surface area contributed by atoms with Gasteiger partial charge in [0.25, 0.3) is 5.91 Å². The molecule has 3 aromatic rings. The molecular weight excluding hydrogens is 382 g/mol. The molecule has 0 saturated carbocycles. The Hall–Kier alpha value is -3.74. The fourth-order valence-corrected chi connectivity index (χ4v) is 3.76. The number of rotatable bonds is 5. The van der Waals surface area contributed by atoms with Gasteiger partial charge < -0.3 is 25.4 Å². The van der Waals surface area contributed by atoms with Gasteiger partial charge in [-0.15, -0.1) is 0 Å². The number of anilines is 2. The van der Waals surface area contributed by atoms with Gasteiger partial charge in [0, 0.05) is 36.2 Å². The van der Waals surface area contributed by atoms with Crippen molar-refractivity contribution in [1.82, 2.24) is 4.98 Å². The van der Waals surface area contributed by atoms with Crippen LogP contribution in [0.2, 0.25) is 0 Å². The number of carboxylic acids is 1. The van der Waals surface area contributed by atoms with Crippen LogP contribution in [-0.2, 0) is 0 Å². The lowest BCUT2D eigenvalue weighted by Crippen LogP contribution is -2.29.